The molecule has 11 nitrogen and oxygen atoms in total. The number of aliphatic hydroxyl groups excluding tert-OH is 3. The van der Waals surface area contributed by atoms with E-state index in [1.807, 2.05) is 109 Å². The Morgan fingerprint density at radius 2 is 1.12 bits per heavy atom. The highest BCUT2D eigenvalue weighted by atomic mass is 16.3. The van der Waals surface area contributed by atoms with Gasteiger partial charge in [0.2, 0.25) is 0 Å². The first-order valence-corrected chi connectivity index (χ1v) is 30.8. The number of aryl methyl sites for hydroxylation is 1. The molecule has 6 saturated carbocycles. The van der Waals surface area contributed by atoms with E-state index in [1.54, 1.807) is 0 Å². The summed E-state index contributed by atoms with van der Waals surface area (Å²) in [6, 6.07) is 23.6. The quantitative estimate of drug-likeness (QED) is 0.0991. The highest BCUT2D eigenvalue weighted by Gasteiger charge is 2.70. The minimum Gasteiger partial charge on any atom is -0.399 e. The fourth-order valence-electron chi connectivity index (χ4n) is 19.7. The van der Waals surface area contributed by atoms with E-state index < -0.39 is 12.2 Å². The molecule has 0 spiro atoms. The van der Waals surface area contributed by atoms with E-state index in [-0.39, 0.29) is 50.9 Å². The zero-order valence-corrected chi connectivity index (χ0v) is 50.3. The van der Waals surface area contributed by atoms with E-state index in [0.717, 1.165) is 104 Å². The average molecular weight is 1100 g/mol. The number of allylic oxidation sites excluding steroid dienone is 2. The standard InChI is InChI=1S/2C31H41N3O2.C8H10O/c1-6-27(36)31(5)18(2)13-24-23-12-7-20-14-25-19(17-34(33-25)22-10-8-21(32)9-11-22)15-29(20,3)28(23)26(35)16-30(24,31)4;1-6-27(36)31(5)18(2)13-24-23-12-7-20-14-25-19(17-33-34(25)22-10-8-21(32)9-11-22)15-29(20,3)28(23)26(35)16-30(24,31)4;1-7-2-4-8(6-9)5-3-7/h2*8-11,14,17-18,23-24,26,28,35H,6-7,12-13,15-16,32H2,1-5H3;2-5,9H,6H2,1H3/t2*18-,23+,24+,26+,28-,29+,30+,31-;/m11./s1. The van der Waals surface area contributed by atoms with Crippen LogP contribution in [-0.2, 0) is 29.0 Å². The maximum Gasteiger partial charge on any atom is 0.139 e. The minimum atomic E-state index is -0.395. The third kappa shape index (κ3) is 8.72. The molecular weight excluding hydrogens is 1000 g/mol. The van der Waals surface area contributed by atoms with Crippen LogP contribution in [0.25, 0.3) is 23.5 Å². The molecule has 8 aliphatic carbocycles. The molecular formula is C70H92N6O5. The van der Waals surface area contributed by atoms with Gasteiger partial charge >= 0.3 is 0 Å². The molecule has 0 saturated heterocycles. The van der Waals surface area contributed by atoms with Crippen molar-refractivity contribution in [1.82, 2.24) is 19.6 Å². The Hall–Kier alpha value is -5.62. The van der Waals surface area contributed by atoms with E-state index in [4.69, 9.17) is 26.8 Å². The molecule has 2 heterocycles. The van der Waals surface area contributed by atoms with Crippen LogP contribution in [0.2, 0.25) is 0 Å². The van der Waals surface area contributed by atoms with Gasteiger partial charge in [-0.25, -0.2) is 9.36 Å². The summed E-state index contributed by atoms with van der Waals surface area (Å²) in [5.41, 5.74) is 24.0. The third-order valence-electron chi connectivity index (χ3n) is 24.5. The van der Waals surface area contributed by atoms with Gasteiger partial charge < -0.3 is 26.8 Å². The summed E-state index contributed by atoms with van der Waals surface area (Å²) in [5.74, 6) is 3.77. The first-order chi connectivity index (χ1) is 38.4. The molecule has 16 atom stereocenters. The Morgan fingerprint density at radius 3 is 1.60 bits per heavy atom. The van der Waals surface area contributed by atoms with E-state index in [1.165, 1.54) is 27.8 Å². The number of nitrogen functional groups attached to an aromatic ring is 2. The zero-order valence-electron chi connectivity index (χ0n) is 50.3. The zero-order chi connectivity index (χ0) is 57.9. The average Bonchev–Trinajstić information content (AvgIpc) is 2.09. The highest BCUT2D eigenvalue weighted by Crippen LogP contribution is 2.73. The third-order valence-corrected chi connectivity index (χ3v) is 24.5. The number of anilines is 2. The summed E-state index contributed by atoms with van der Waals surface area (Å²) in [4.78, 5) is 26.7. The van der Waals surface area contributed by atoms with Gasteiger partial charge in [-0.3, -0.25) is 9.59 Å². The Labute approximate surface area is 482 Å². The van der Waals surface area contributed by atoms with Crippen molar-refractivity contribution >= 4 is 35.1 Å². The van der Waals surface area contributed by atoms with Crippen LogP contribution in [0.3, 0.4) is 0 Å². The van der Waals surface area contributed by atoms with Crippen molar-refractivity contribution in [1.29, 1.82) is 0 Å². The molecule has 0 radical (unpaired) electrons. The second-order valence-corrected chi connectivity index (χ2v) is 28.1. The normalized spacial score (nSPS) is 37.6. The molecule has 432 valence electrons. The number of aromatic nitrogens is 4. The van der Waals surface area contributed by atoms with Gasteiger partial charge in [0.15, 0.2) is 0 Å². The second kappa shape index (κ2) is 20.6. The molecule has 0 aliphatic heterocycles. The van der Waals surface area contributed by atoms with Crippen LogP contribution >= 0.6 is 0 Å². The molecule has 0 bridgehead atoms. The Bertz CT molecular complexity index is 3270. The lowest BCUT2D eigenvalue weighted by Crippen LogP contribution is -2.59. The molecule has 0 amide bonds. The van der Waals surface area contributed by atoms with Crippen LogP contribution in [0.1, 0.15) is 167 Å². The lowest BCUT2D eigenvalue weighted by molar-refractivity contribution is -0.159. The van der Waals surface area contributed by atoms with E-state index in [9.17, 15) is 19.8 Å². The summed E-state index contributed by atoms with van der Waals surface area (Å²) in [6.07, 6.45) is 19.0. The molecule has 13 rings (SSSR count). The lowest BCUT2D eigenvalue weighted by atomic mass is 9.44. The van der Waals surface area contributed by atoms with Crippen molar-refractivity contribution in [2.75, 3.05) is 11.5 Å². The summed E-state index contributed by atoms with van der Waals surface area (Å²) in [5, 5.41) is 42.1. The summed E-state index contributed by atoms with van der Waals surface area (Å²) >= 11 is 0. The second-order valence-electron chi connectivity index (χ2n) is 28.1. The van der Waals surface area contributed by atoms with Crippen molar-refractivity contribution < 1.29 is 24.9 Å². The SMILES string of the molecule is CCC(=O)[C@@]1(C)[C@H](C)C[C@H]2[C@@H]3CCC4=Cc5c(cnn5-c5ccc(N)cc5)C[C@]4(C)[C@H]3[C@@H](O)C[C@@]21C.CCC(=O)[C@@]1(C)[C@H](C)C[C@H]2[C@@H]3CCC4=Cc5nn(-c6ccc(N)cc6)cc5C[C@]4(C)[C@H]3[C@@H](O)C[C@@]21C.Cc1ccc(CO)cc1. The van der Waals surface area contributed by atoms with Crippen LogP contribution < -0.4 is 11.5 Å². The van der Waals surface area contributed by atoms with Crippen LogP contribution in [0, 0.1) is 86.8 Å². The largest absolute Gasteiger partial charge is 0.399 e. The van der Waals surface area contributed by atoms with E-state index in [2.05, 4.69) is 73.7 Å². The number of carbonyl (C=O) groups is 2. The van der Waals surface area contributed by atoms with Crippen LogP contribution in [0.5, 0.6) is 0 Å². The van der Waals surface area contributed by atoms with Crippen LogP contribution in [-0.4, -0.2) is 58.7 Å². The molecule has 3 aromatic carbocycles. The minimum absolute atomic E-state index is 0.0807. The van der Waals surface area contributed by atoms with Gasteiger partial charge in [0.25, 0.3) is 0 Å². The van der Waals surface area contributed by atoms with Gasteiger partial charge in [0, 0.05) is 41.2 Å². The molecule has 7 N–H and O–H groups in total. The number of rotatable bonds is 7. The molecule has 5 aromatic rings. The number of nitrogens with two attached hydrogens (primary N) is 2. The van der Waals surface area contributed by atoms with Crippen molar-refractivity contribution in [3.63, 3.8) is 0 Å². The lowest BCUT2D eigenvalue weighted by Gasteiger charge is -2.61. The van der Waals surface area contributed by atoms with Gasteiger partial charge in [-0.2, -0.15) is 10.2 Å². The molecule has 6 fully saturated rings. The van der Waals surface area contributed by atoms with Crippen LogP contribution in [0.15, 0.2) is 96.3 Å². The maximum atomic E-state index is 13.3. The number of benzene rings is 3. The van der Waals surface area contributed by atoms with Crippen molar-refractivity contribution in [2.24, 2.45) is 79.8 Å². The van der Waals surface area contributed by atoms with Crippen molar-refractivity contribution in [2.45, 2.75) is 172 Å². The summed E-state index contributed by atoms with van der Waals surface area (Å²) in [6.45, 7) is 24.6. The number of hydrogen-bond donors (Lipinski definition) is 5. The molecule has 0 unspecified atom stereocenters. The molecule has 81 heavy (non-hydrogen) atoms. The smallest absolute Gasteiger partial charge is 0.139 e. The summed E-state index contributed by atoms with van der Waals surface area (Å²) < 4.78 is 4.00. The first-order valence-electron chi connectivity index (χ1n) is 30.8. The monoisotopic (exact) mass is 1100 g/mol. The molecule has 2 aromatic heterocycles. The highest BCUT2D eigenvalue weighted by molar-refractivity contribution is 5.86. The van der Waals surface area contributed by atoms with Crippen LogP contribution in [0.4, 0.5) is 11.4 Å². The van der Waals surface area contributed by atoms with Gasteiger partial charge in [0.05, 0.1) is 47.8 Å². The molecule has 8 aliphatic rings. The summed E-state index contributed by atoms with van der Waals surface area (Å²) in [7, 11) is 0. The number of hydrogen-bond acceptors (Lipinski definition) is 9. The number of aliphatic hydroxyl groups is 3. The van der Waals surface area contributed by atoms with Crippen molar-refractivity contribution in [3.05, 3.63) is 130 Å². The number of nitrogens with zero attached hydrogens (tertiary/aromatic N) is 4. The van der Waals surface area contributed by atoms with Gasteiger partial charge in [-0.15, -0.1) is 0 Å². The van der Waals surface area contributed by atoms with Gasteiger partial charge in [-0.1, -0.05) is 110 Å². The maximum absolute atomic E-state index is 13.3. The Morgan fingerprint density at radius 1 is 0.654 bits per heavy atom. The Balaban J connectivity index is 0.000000148. The van der Waals surface area contributed by atoms with Gasteiger partial charge in [0.1, 0.15) is 11.6 Å². The first kappa shape index (κ1) is 57.2. The Kier molecular flexibility index (Phi) is 14.6. The topological polar surface area (TPSA) is 183 Å². The van der Waals surface area contributed by atoms with Crippen molar-refractivity contribution in [3.8, 4) is 11.4 Å². The van der Waals surface area contributed by atoms with E-state index >= 15 is 0 Å². The van der Waals surface area contributed by atoms with E-state index in [0.29, 0.717) is 59.9 Å². The number of ketones is 2. The van der Waals surface area contributed by atoms with Gasteiger partial charge in [-0.05, 0) is 218 Å². The predicted octanol–water partition coefficient (Wildman–Crippen LogP) is 13.2. The number of Topliss-reactive ketones (excluding diaryl/α,β-unsaturated/α-hetero) is 2. The predicted molar refractivity (Wildman–Crippen MR) is 324 cm³/mol. The molecule has 11 heteroatoms. The number of fused-ring (bicyclic) bond motifs is 12. The fraction of sp³-hybridized carbons (Fsp3) is 0.571. The number of carbonyl (C=O) groups excluding carboxylic acids is 2. The fourth-order valence-corrected chi connectivity index (χ4v) is 19.7.